The third-order valence-electron chi connectivity index (χ3n) is 3.03. The Balaban J connectivity index is 2.75. The van der Waals surface area contributed by atoms with Crippen molar-refractivity contribution in [3.05, 3.63) is 35.4 Å². The summed E-state index contributed by atoms with van der Waals surface area (Å²) in [5.74, 6) is -1.03. The quantitative estimate of drug-likeness (QED) is 0.794. The van der Waals surface area contributed by atoms with Gasteiger partial charge in [0, 0.05) is 19.6 Å². The van der Waals surface area contributed by atoms with Crippen molar-refractivity contribution in [1.29, 1.82) is 0 Å². The monoisotopic (exact) mass is 300 g/mol. The molecule has 0 saturated carbocycles. The maximum absolute atomic E-state index is 12.1. The van der Waals surface area contributed by atoms with E-state index in [0.29, 0.717) is 0 Å². The third-order valence-corrected chi connectivity index (χ3v) is 4.69. The number of aryl methyl sites for hydroxylation is 1. The zero-order chi connectivity index (χ0) is 15.3. The second-order valence-corrected chi connectivity index (χ2v) is 6.48. The summed E-state index contributed by atoms with van der Waals surface area (Å²) in [4.78, 5) is 10.5. The molecule has 20 heavy (non-hydrogen) atoms. The molecule has 1 atom stereocenters. The van der Waals surface area contributed by atoms with Gasteiger partial charge >= 0.3 is 5.97 Å². The lowest BCUT2D eigenvalue weighted by Crippen LogP contribution is -2.40. The molecule has 112 valence electrons. The van der Waals surface area contributed by atoms with Crippen LogP contribution in [0.1, 0.15) is 30.5 Å². The van der Waals surface area contributed by atoms with Crippen LogP contribution in [-0.4, -0.2) is 37.4 Å². The first-order valence-electron chi connectivity index (χ1n) is 6.25. The first-order chi connectivity index (χ1) is 9.24. The Morgan fingerprint density at radius 2 is 2.00 bits per heavy atom. The van der Waals surface area contributed by atoms with Gasteiger partial charge in [-0.05, 0) is 25.0 Å². The average Bonchev–Trinajstić information content (AvgIpc) is 2.35. The highest BCUT2D eigenvalue weighted by Crippen LogP contribution is 2.18. The zero-order valence-corrected chi connectivity index (χ0v) is 12.6. The summed E-state index contributed by atoms with van der Waals surface area (Å²) in [5, 5.41) is 8.58. The SMILES string of the molecule is Cc1ccccc1[C@H](C)NS(=O)(=O)N(C)CCC(=O)O. The van der Waals surface area contributed by atoms with E-state index in [0.717, 1.165) is 15.4 Å². The lowest BCUT2D eigenvalue weighted by Gasteiger charge is -2.21. The van der Waals surface area contributed by atoms with E-state index in [4.69, 9.17) is 5.11 Å². The normalized spacial score (nSPS) is 13.4. The molecule has 0 heterocycles. The van der Waals surface area contributed by atoms with Gasteiger partial charge in [-0.3, -0.25) is 4.79 Å². The fourth-order valence-corrected chi connectivity index (χ4v) is 2.91. The number of nitrogens with zero attached hydrogens (tertiary/aromatic N) is 1. The zero-order valence-electron chi connectivity index (χ0n) is 11.8. The van der Waals surface area contributed by atoms with Crippen molar-refractivity contribution in [2.45, 2.75) is 26.3 Å². The largest absolute Gasteiger partial charge is 0.481 e. The van der Waals surface area contributed by atoms with E-state index in [1.165, 1.54) is 7.05 Å². The number of rotatable bonds is 7. The first-order valence-corrected chi connectivity index (χ1v) is 7.69. The summed E-state index contributed by atoms with van der Waals surface area (Å²) in [5.41, 5.74) is 1.89. The maximum Gasteiger partial charge on any atom is 0.304 e. The predicted molar refractivity (Wildman–Crippen MR) is 76.5 cm³/mol. The molecule has 0 aliphatic rings. The van der Waals surface area contributed by atoms with Crippen LogP contribution in [-0.2, 0) is 15.0 Å². The van der Waals surface area contributed by atoms with E-state index >= 15 is 0 Å². The number of nitrogens with one attached hydrogen (secondary N) is 1. The van der Waals surface area contributed by atoms with Crippen molar-refractivity contribution in [1.82, 2.24) is 9.03 Å². The summed E-state index contributed by atoms with van der Waals surface area (Å²) in [6.45, 7) is 3.60. The lowest BCUT2D eigenvalue weighted by atomic mass is 10.0. The van der Waals surface area contributed by atoms with Gasteiger partial charge < -0.3 is 5.11 Å². The molecule has 0 aliphatic carbocycles. The van der Waals surface area contributed by atoms with Crippen molar-refractivity contribution in [3.63, 3.8) is 0 Å². The highest BCUT2D eigenvalue weighted by Gasteiger charge is 2.22. The van der Waals surface area contributed by atoms with Crippen molar-refractivity contribution >= 4 is 16.2 Å². The van der Waals surface area contributed by atoms with Gasteiger partial charge in [-0.1, -0.05) is 24.3 Å². The van der Waals surface area contributed by atoms with Crippen molar-refractivity contribution < 1.29 is 18.3 Å². The molecule has 0 aliphatic heterocycles. The molecule has 0 unspecified atom stereocenters. The van der Waals surface area contributed by atoms with Gasteiger partial charge in [0.25, 0.3) is 10.2 Å². The molecule has 0 fully saturated rings. The highest BCUT2D eigenvalue weighted by molar-refractivity contribution is 7.87. The number of benzene rings is 1. The van der Waals surface area contributed by atoms with Crippen LogP contribution >= 0.6 is 0 Å². The van der Waals surface area contributed by atoms with E-state index in [1.807, 2.05) is 31.2 Å². The molecule has 0 saturated heterocycles. The van der Waals surface area contributed by atoms with E-state index < -0.39 is 16.2 Å². The van der Waals surface area contributed by atoms with E-state index in [1.54, 1.807) is 6.92 Å². The Hall–Kier alpha value is -1.44. The Morgan fingerprint density at radius 3 is 2.55 bits per heavy atom. The van der Waals surface area contributed by atoms with E-state index in [2.05, 4.69) is 4.72 Å². The number of carboxylic acids is 1. The number of carboxylic acid groups (broad SMARTS) is 1. The van der Waals surface area contributed by atoms with Gasteiger partial charge in [-0.2, -0.15) is 17.4 Å². The highest BCUT2D eigenvalue weighted by atomic mass is 32.2. The van der Waals surface area contributed by atoms with Crippen LogP contribution in [0.2, 0.25) is 0 Å². The van der Waals surface area contributed by atoms with E-state index in [9.17, 15) is 13.2 Å². The molecular formula is C13H20N2O4S. The number of aliphatic carboxylic acids is 1. The van der Waals surface area contributed by atoms with Gasteiger partial charge in [0.15, 0.2) is 0 Å². The molecule has 0 amide bonds. The topological polar surface area (TPSA) is 86.7 Å². The Morgan fingerprint density at radius 1 is 1.40 bits per heavy atom. The molecule has 6 nitrogen and oxygen atoms in total. The summed E-state index contributed by atoms with van der Waals surface area (Å²) in [7, 11) is -2.34. The Kier molecular flexibility index (Phi) is 5.67. The van der Waals surface area contributed by atoms with Crippen LogP contribution in [0.25, 0.3) is 0 Å². The summed E-state index contributed by atoms with van der Waals surface area (Å²) < 4.78 is 27.7. The second-order valence-electron chi connectivity index (χ2n) is 4.67. The van der Waals surface area contributed by atoms with Crippen LogP contribution in [0, 0.1) is 6.92 Å². The molecule has 1 aromatic carbocycles. The van der Waals surface area contributed by atoms with Crippen LogP contribution < -0.4 is 4.72 Å². The summed E-state index contributed by atoms with van der Waals surface area (Å²) in [6, 6.07) is 7.13. The molecule has 0 aromatic heterocycles. The number of hydrogen-bond donors (Lipinski definition) is 2. The molecule has 0 radical (unpaired) electrons. The standard InChI is InChI=1S/C13H20N2O4S/c1-10-6-4-5-7-12(10)11(2)14-20(18,19)15(3)9-8-13(16)17/h4-7,11,14H,8-9H2,1-3H3,(H,16,17)/t11-/m0/s1. The smallest absolute Gasteiger partial charge is 0.304 e. The summed E-state index contributed by atoms with van der Waals surface area (Å²) in [6.07, 6.45) is -0.226. The van der Waals surface area contributed by atoms with E-state index in [-0.39, 0.29) is 19.0 Å². The average molecular weight is 300 g/mol. The van der Waals surface area contributed by atoms with Crippen LogP contribution in [0.5, 0.6) is 0 Å². The molecule has 0 bridgehead atoms. The van der Waals surface area contributed by atoms with Crippen molar-refractivity contribution in [3.8, 4) is 0 Å². The molecule has 7 heteroatoms. The van der Waals surface area contributed by atoms with Crippen LogP contribution in [0.15, 0.2) is 24.3 Å². The number of carbonyl (C=O) groups is 1. The molecule has 0 spiro atoms. The van der Waals surface area contributed by atoms with Gasteiger partial charge in [0.1, 0.15) is 0 Å². The maximum atomic E-state index is 12.1. The minimum atomic E-state index is -3.70. The van der Waals surface area contributed by atoms with Crippen LogP contribution in [0.3, 0.4) is 0 Å². The number of hydrogen-bond acceptors (Lipinski definition) is 3. The summed E-state index contributed by atoms with van der Waals surface area (Å²) >= 11 is 0. The first kappa shape index (κ1) is 16.6. The van der Waals surface area contributed by atoms with Gasteiger partial charge in [0.05, 0.1) is 6.42 Å². The molecule has 1 aromatic rings. The second kappa shape index (κ2) is 6.83. The molecular weight excluding hydrogens is 280 g/mol. The predicted octanol–water partition coefficient (Wildman–Crippen LogP) is 1.30. The van der Waals surface area contributed by atoms with Crippen LogP contribution in [0.4, 0.5) is 0 Å². The van der Waals surface area contributed by atoms with Crippen molar-refractivity contribution in [2.75, 3.05) is 13.6 Å². The lowest BCUT2D eigenvalue weighted by molar-refractivity contribution is -0.137. The Bertz CT molecular complexity index is 571. The van der Waals surface area contributed by atoms with Crippen molar-refractivity contribution in [2.24, 2.45) is 0 Å². The fourth-order valence-electron chi connectivity index (χ4n) is 1.82. The van der Waals surface area contributed by atoms with Gasteiger partial charge in [-0.25, -0.2) is 0 Å². The molecule has 2 N–H and O–H groups in total. The third kappa shape index (κ3) is 4.59. The van der Waals surface area contributed by atoms with Gasteiger partial charge in [0.2, 0.25) is 0 Å². The fraction of sp³-hybridized carbons (Fsp3) is 0.462. The molecule has 1 rings (SSSR count). The Labute approximate surface area is 119 Å². The minimum absolute atomic E-state index is 0.0643. The minimum Gasteiger partial charge on any atom is -0.481 e. The van der Waals surface area contributed by atoms with Gasteiger partial charge in [-0.15, -0.1) is 0 Å².